The fourth-order valence-electron chi connectivity index (χ4n) is 3.80. The molecule has 0 bridgehead atoms. The molecule has 0 aliphatic heterocycles. The maximum atomic E-state index is 12.8. The van der Waals surface area contributed by atoms with Crippen LogP contribution in [-0.4, -0.2) is 35.2 Å². The van der Waals surface area contributed by atoms with Crippen molar-refractivity contribution < 1.29 is 9.53 Å². The van der Waals surface area contributed by atoms with Crippen LogP contribution in [0.25, 0.3) is 0 Å². The maximum absolute atomic E-state index is 12.8. The number of rotatable bonds is 8. The summed E-state index contributed by atoms with van der Waals surface area (Å²) in [5.41, 5.74) is 2.27. The van der Waals surface area contributed by atoms with E-state index in [9.17, 15) is 4.79 Å². The van der Waals surface area contributed by atoms with Gasteiger partial charge in [0.05, 0.1) is 13.7 Å². The Morgan fingerprint density at radius 3 is 2.86 bits per heavy atom. The van der Waals surface area contributed by atoms with Gasteiger partial charge >= 0.3 is 6.03 Å². The van der Waals surface area contributed by atoms with E-state index in [1.54, 1.807) is 13.2 Å². The van der Waals surface area contributed by atoms with Gasteiger partial charge in [-0.2, -0.15) is 0 Å². The van der Waals surface area contributed by atoms with Crippen LogP contribution in [0.2, 0.25) is 0 Å². The van der Waals surface area contributed by atoms with Crippen LogP contribution in [0.5, 0.6) is 5.75 Å². The van der Waals surface area contributed by atoms with Crippen LogP contribution in [0.15, 0.2) is 55.3 Å². The molecule has 1 fully saturated rings. The van der Waals surface area contributed by atoms with Gasteiger partial charge in [-0.1, -0.05) is 37.5 Å². The fourth-order valence-corrected chi connectivity index (χ4v) is 3.80. The molecule has 1 aliphatic carbocycles. The second-order valence-electron chi connectivity index (χ2n) is 7.43. The van der Waals surface area contributed by atoms with Crippen LogP contribution in [0, 0.1) is 0 Å². The van der Waals surface area contributed by atoms with Crippen molar-refractivity contribution in [3.8, 4) is 5.75 Å². The summed E-state index contributed by atoms with van der Waals surface area (Å²) in [6, 6.07) is 12.5. The Morgan fingerprint density at radius 1 is 1.29 bits per heavy atom. The van der Waals surface area contributed by atoms with E-state index in [0.717, 1.165) is 30.8 Å². The van der Waals surface area contributed by atoms with Crippen LogP contribution in [0.3, 0.4) is 0 Å². The number of urea groups is 1. The highest BCUT2D eigenvalue weighted by molar-refractivity contribution is 5.74. The summed E-state index contributed by atoms with van der Waals surface area (Å²) >= 11 is 0. The number of nitrogens with one attached hydrogen (secondary N) is 1. The number of carbonyl (C=O) groups is 1. The largest absolute Gasteiger partial charge is 0.497 e. The van der Waals surface area contributed by atoms with E-state index in [1.807, 2.05) is 29.2 Å². The zero-order valence-electron chi connectivity index (χ0n) is 16.8. The predicted molar refractivity (Wildman–Crippen MR) is 113 cm³/mol. The zero-order chi connectivity index (χ0) is 19.8. The van der Waals surface area contributed by atoms with Crippen molar-refractivity contribution in [2.75, 3.05) is 13.7 Å². The first-order valence-corrected chi connectivity index (χ1v) is 10.1. The minimum atomic E-state index is 0.000861. The molecule has 28 heavy (non-hydrogen) atoms. The van der Waals surface area contributed by atoms with Gasteiger partial charge < -0.3 is 19.5 Å². The number of hydrogen-bond donors (Lipinski definition) is 1. The standard InChI is InChI=1S/C23H31N3O2/c1-3-14-26(23(27)24-20-10-5-4-6-11-20)18-21-12-8-15-25(21)17-19-9-7-13-22(16-19)28-2/h3,7-9,12-13,15-16,20H,1,4-6,10-11,14,17-18H2,2H3,(H,24,27). The Balaban J connectivity index is 1.67. The molecule has 5 nitrogen and oxygen atoms in total. The van der Waals surface area contributed by atoms with Crippen LogP contribution < -0.4 is 10.1 Å². The highest BCUT2D eigenvalue weighted by atomic mass is 16.5. The van der Waals surface area contributed by atoms with Crippen molar-refractivity contribution in [3.05, 3.63) is 66.5 Å². The predicted octanol–water partition coefficient (Wildman–Crippen LogP) is 4.58. The monoisotopic (exact) mass is 381 g/mol. The summed E-state index contributed by atoms with van der Waals surface area (Å²) in [4.78, 5) is 14.7. The molecular formula is C23H31N3O2. The van der Waals surface area contributed by atoms with Gasteiger partial charge in [-0.25, -0.2) is 4.79 Å². The SMILES string of the molecule is C=CCN(Cc1cccn1Cc1cccc(OC)c1)C(=O)NC1CCCCC1. The lowest BCUT2D eigenvalue weighted by Gasteiger charge is -2.28. The molecule has 5 heteroatoms. The quantitative estimate of drug-likeness (QED) is 0.681. The smallest absolute Gasteiger partial charge is 0.318 e. The van der Waals surface area contributed by atoms with Crippen LogP contribution in [0.4, 0.5) is 4.79 Å². The molecule has 1 aromatic carbocycles. The van der Waals surface area contributed by atoms with Crippen LogP contribution in [-0.2, 0) is 13.1 Å². The Kier molecular flexibility index (Phi) is 7.18. The molecule has 1 N–H and O–H groups in total. The Morgan fingerprint density at radius 2 is 2.11 bits per heavy atom. The number of aromatic nitrogens is 1. The molecule has 0 spiro atoms. The molecular weight excluding hydrogens is 350 g/mol. The van der Waals surface area contributed by atoms with Gasteiger partial charge in [-0.15, -0.1) is 6.58 Å². The highest BCUT2D eigenvalue weighted by Gasteiger charge is 2.20. The summed E-state index contributed by atoms with van der Waals surface area (Å²) in [5, 5.41) is 3.21. The molecule has 2 amide bonds. The molecule has 0 atom stereocenters. The Bertz CT molecular complexity index is 778. The molecule has 0 saturated heterocycles. The van der Waals surface area contributed by atoms with Crippen LogP contribution >= 0.6 is 0 Å². The molecule has 0 unspecified atom stereocenters. The number of carbonyl (C=O) groups excluding carboxylic acids is 1. The van der Waals surface area contributed by atoms with Crippen molar-refractivity contribution in [2.45, 2.75) is 51.2 Å². The van der Waals surface area contributed by atoms with E-state index < -0.39 is 0 Å². The minimum absolute atomic E-state index is 0.000861. The van der Waals surface area contributed by atoms with Crippen molar-refractivity contribution in [3.63, 3.8) is 0 Å². The number of amides is 2. The minimum Gasteiger partial charge on any atom is -0.497 e. The number of ether oxygens (including phenoxy) is 1. The van der Waals surface area contributed by atoms with Gasteiger partial charge in [0.2, 0.25) is 0 Å². The molecule has 3 rings (SSSR count). The fraction of sp³-hybridized carbons (Fsp3) is 0.435. The average molecular weight is 382 g/mol. The van der Waals surface area contributed by atoms with E-state index in [2.05, 4.69) is 34.8 Å². The van der Waals surface area contributed by atoms with Crippen LogP contribution in [0.1, 0.15) is 43.4 Å². The first-order chi connectivity index (χ1) is 13.7. The van der Waals surface area contributed by atoms with Crippen molar-refractivity contribution >= 4 is 6.03 Å². The van der Waals surface area contributed by atoms with E-state index in [4.69, 9.17) is 4.74 Å². The second kappa shape index (κ2) is 10.0. The lowest BCUT2D eigenvalue weighted by Crippen LogP contribution is -2.45. The topological polar surface area (TPSA) is 46.5 Å². The van der Waals surface area contributed by atoms with Gasteiger partial charge in [0.25, 0.3) is 0 Å². The first-order valence-electron chi connectivity index (χ1n) is 10.1. The third kappa shape index (κ3) is 5.41. The van der Waals surface area contributed by atoms with Gasteiger partial charge in [0, 0.05) is 31.0 Å². The zero-order valence-corrected chi connectivity index (χ0v) is 16.8. The maximum Gasteiger partial charge on any atom is 0.318 e. The summed E-state index contributed by atoms with van der Waals surface area (Å²) in [5.74, 6) is 0.853. The van der Waals surface area contributed by atoms with Gasteiger partial charge in [-0.3, -0.25) is 0 Å². The molecule has 150 valence electrons. The van der Waals surface area contributed by atoms with Gasteiger partial charge in [-0.05, 0) is 42.7 Å². The number of hydrogen-bond acceptors (Lipinski definition) is 2. The summed E-state index contributed by atoms with van der Waals surface area (Å²) in [6.45, 7) is 5.66. The van der Waals surface area contributed by atoms with Crippen molar-refractivity contribution in [1.29, 1.82) is 0 Å². The lowest BCUT2D eigenvalue weighted by molar-refractivity contribution is 0.192. The lowest BCUT2D eigenvalue weighted by atomic mass is 9.96. The van der Waals surface area contributed by atoms with Crippen molar-refractivity contribution in [1.82, 2.24) is 14.8 Å². The molecule has 1 aromatic heterocycles. The highest BCUT2D eigenvalue weighted by Crippen LogP contribution is 2.19. The normalized spacial score (nSPS) is 14.5. The first kappa shape index (κ1) is 20.1. The third-order valence-corrected chi connectivity index (χ3v) is 5.33. The van der Waals surface area contributed by atoms with Gasteiger partial charge in [0.15, 0.2) is 0 Å². The Labute approximate surface area is 168 Å². The molecule has 0 radical (unpaired) electrons. The second-order valence-corrected chi connectivity index (χ2v) is 7.43. The van der Waals surface area contributed by atoms with E-state index in [1.165, 1.54) is 24.8 Å². The number of benzene rings is 1. The van der Waals surface area contributed by atoms with E-state index in [0.29, 0.717) is 19.1 Å². The molecule has 2 aromatic rings. The average Bonchev–Trinajstić information content (AvgIpc) is 3.15. The van der Waals surface area contributed by atoms with E-state index in [-0.39, 0.29) is 6.03 Å². The number of methoxy groups -OCH3 is 1. The summed E-state index contributed by atoms with van der Waals surface area (Å²) in [7, 11) is 1.68. The van der Waals surface area contributed by atoms with E-state index >= 15 is 0 Å². The summed E-state index contributed by atoms with van der Waals surface area (Å²) < 4.78 is 7.50. The number of nitrogens with zero attached hydrogens (tertiary/aromatic N) is 2. The molecule has 1 heterocycles. The molecule has 1 aliphatic rings. The van der Waals surface area contributed by atoms with Crippen molar-refractivity contribution in [2.24, 2.45) is 0 Å². The Hall–Kier alpha value is -2.69. The summed E-state index contributed by atoms with van der Waals surface area (Å²) in [6.07, 6.45) is 9.70. The third-order valence-electron chi connectivity index (χ3n) is 5.33. The molecule has 1 saturated carbocycles. The van der Waals surface area contributed by atoms with Gasteiger partial charge in [0.1, 0.15) is 5.75 Å².